The molecule has 4 rings (SSSR count). The Balaban J connectivity index is 1.57. The minimum Gasteiger partial charge on any atom is -0.369 e. The van der Waals surface area contributed by atoms with Crippen molar-refractivity contribution in [3.05, 3.63) is 59.7 Å². The fourth-order valence-corrected chi connectivity index (χ4v) is 6.07. The summed E-state index contributed by atoms with van der Waals surface area (Å²) in [6.45, 7) is 2.86. The molecule has 0 spiro atoms. The van der Waals surface area contributed by atoms with Crippen molar-refractivity contribution in [3.8, 4) is 0 Å². The number of sulfonamides is 1. The molecule has 0 saturated carbocycles. The summed E-state index contributed by atoms with van der Waals surface area (Å²) in [5, 5.41) is 0. The minimum absolute atomic E-state index is 0.0993. The van der Waals surface area contributed by atoms with Crippen LogP contribution in [0.25, 0.3) is 0 Å². The number of carbonyl (C=O) groups is 2. The van der Waals surface area contributed by atoms with E-state index in [9.17, 15) is 18.0 Å². The van der Waals surface area contributed by atoms with Gasteiger partial charge in [-0.3, -0.25) is 13.9 Å². The number of amides is 2. The molecule has 2 aliphatic rings. The number of hydrogen-bond donors (Lipinski definition) is 1. The first-order valence-corrected chi connectivity index (χ1v) is 11.5. The second kappa shape index (κ2) is 7.75. The topological polar surface area (TPSA) is 101 Å². The first-order chi connectivity index (χ1) is 14.3. The summed E-state index contributed by atoms with van der Waals surface area (Å²) in [5.74, 6) is -0.585. The zero-order valence-corrected chi connectivity index (χ0v) is 17.6. The van der Waals surface area contributed by atoms with Crippen molar-refractivity contribution in [1.29, 1.82) is 0 Å². The number of nitrogens with two attached hydrogens (primary N) is 1. The van der Waals surface area contributed by atoms with Gasteiger partial charge in [-0.2, -0.15) is 0 Å². The van der Waals surface area contributed by atoms with Crippen LogP contribution in [0.5, 0.6) is 0 Å². The fraction of sp³-hybridized carbons (Fsp3) is 0.364. The van der Waals surface area contributed by atoms with Crippen molar-refractivity contribution in [3.63, 3.8) is 0 Å². The third-order valence-electron chi connectivity index (χ3n) is 5.96. The molecule has 30 heavy (non-hydrogen) atoms. The van der Waals surface area contributed by atoms with E-state index in [1.165, 1.54) is 4.31 Å². The second-order valence-corrected chi connectivity index (χ2v) is 9.79. The SMILES string of the molecule is C[C@@H]1Cc2cc(C(=O)N3CCC(C(N)=O)CC3)ccc2N1S(=O)(=O)c1ccccc1. The molecule has 1 atom stereocenters. The van der Waals surface area contributed by atoms with E-state index >= 15 is 0 Å². The van der Waals surface area contributed by atoms with Crippen LogP contribution < -0.4 is 10.0 Å². The number of anilines is 1. The molecule has 2 aromatic carbocycles. The molecule has 0 radical (unpaired) electrons. The van der Waals surface area contributed by atoms with E-state index in [0.29, 0.717) is 43.6 Å². The molecule has 7 nitrogen and oxygen atoms in total. The predicted molar refractivity (Wildman–Crippen MR) is 114 cm³/mol. The number of primary amides is 1. The molecule has 0 bridgehead atoms. The number of nitrogens with zero attached hydrogens (tertiary/aromatic N) is 2. The van der Waals surface area contributed by atoms with Gasteiger partial charge >= 0.3 is 0 Å². The Morgan fingerprint density at radius 1 is 1.03 bits per heavy atom. The van der Waals surface area contributed by atoms with E-state index in [1.807, 2.05) is 6.92 Å². The van der Waals surface area contributed by atoms with E-state index in [0.717, 1.165) is 5.56 Å². The van der Waals surface area contributed by atoms with Crippen LogP contribution in [0, 0.1) is 5.92 Å². The van der Waals surface area contributed by atoms with Crippen molar-refractivity contribution in [2.45, 2.75) is 37.1 Å². The molecule has 1 saturated heterocycles. The van der Waals surface area contributed by atoms with Crippen molar-refractivity contribution in [2.24, 2.45) is 11.7 Å². The molecule has 2 N–H and O–H groups in total. The number of likely N-dealkylation sites (tertiary alicyclic amines) is 1. The number of fused-ring (bicyclic) bond motifs is 1. The van der Waals surface area contributed by atoms with E-state index < -0.39 is 10.0 Å². The normalized spacial score (nSPS) is 19.6. The van der Waals surface area contributed by atoms with Gasteiger partial charge in [0.25, 0.3) is 15.9 Å². The third kappa shape index (κ3) is 3.56. The zero-order chi connectivity index (χ0) is 21.5. The number of piperidine rings is 1. The summed E-state index contributed by atoms with van der Waals surface area (Å²) >= 11 is 0. The molecule has 1 fully saturated rings. The van der Waals surface area contributed by atoms with Crippen LogP contribution in [0.3, 0.4) is 0 Å². The summed E-state index contributed by atoms with van der Waals surface area (Å²) in [6, 6.07) is 13.4. The molecule has 2 heterocycles. The lowest BCUT2D eigenvalue weighted by atomic mass is 9.95. The maximum Gasteiger partial charge on any atom is 0.264 e. The third-order valence-corrected chi connectivity index (χ3v) is 7.91. The van der Waals surface area contributed by atoms with Crippen LogP contribution >= 0.6 is 0 Å². The highest BCUT2D eigenvalue weighted by molar-refractivity contribution is 7.92. The molecular formula is C22H25N3O4S. The minimum atomic E-state index is -3.67. The Morgan fingerprint density at radius 3 is 2.33 bits per heavy atom. The lowest BCUT2D eigenvalue weighted by molar-refractivity contribution is -0.123. The predicted octanol–water partition coefficient (Wildman–Crippen LogP) is 2.16. The van der Waals surface area contributed by atoms with E-state index in [4.69, 9.17) is 5.73 Å². The van der Waals surface area contributed by atoms with E-state index in [1.54, 1.807) is 53.4 Å². The van der Waals surface area contributed by atoms with Crippen LogP contribution in [0.1, 0.15) is 35.7 Å². The van der Waals surface area contributed by atoms with Gasteiger partial charge in [-0.25, -0.2) is 8.42 Å². The first-order valence-electron chi connectivity index (χ1n) is 10.1. The maximum absolute atomic E-state index is 13.2. The first kappa shape index (κ1) is 20.4. The van der Waals surface area contributed by atoms with Crippen LogP contribution in [-0.2, 0) is 21.2 Å². The van der Waals surface area contributed by atoms with Gasteiger partial charge in [0.1, 0.15) is 0 Å². The van der Waals surface area contributed by atoms with Crippen molar-refractivity contribution >= 4 is 27.5 Å². The van der Waals surface area contributed by atoms with E-state index in [2.05, 4.69) is 0 Å². The highest BCUT2D eigenvalue weighted by Gasteiger charge is 2.36. The van der Waals surface area contributed by atoms with Gasteiger partial charge in [-0.15, -0.1) is 0 Å². The highest BCUT2D eigenvalue weighted by Crippen LogP contribution is 2.37. The van der Waals surface area contributed by atoms with Gasteiger partial charge in [0.2, 0.25) is 5.91 Å². The average molecular weight is 428 g/mol. The molecule has 0 unspecified atom stereocenters. The number of carbonyl (C=O) groups excluding carboxylic acids is 2. The Morgan fingerprint density at radius 2 is 1.70 bits per heavy atom. The van der Waals surface area contributed by atoms with Gasteiger partial charge in [0, 0.05) is 30.6 Å². The lowest BCUT2D eigenvalue weighted by Gasteiger charge is -2.30. The Kier molecular flexibility index (Phi) is 5.27. The maximum atomic E-state index is 13.2. The molecule has 8 heteroatoms. The van der Waals surface area contributed by atoms with Crippen molar-refractivity contribution < 1.29 is 18.0 Å². The van der Waals surface area contributed by atoms with E-state index in [-0.39, 0.29) is 28.7 Å². The summed E-state index contributed by atoms with van der Waals surface area (Å²) < 4.78 is 27.8. The molecule has 2 amide bonds. The van der Waals surface area contributed by atoms with Gasteiger partial charge in [-0.1, -0.05) is 18.2 Å². The zero-order valence-electron chi connectivity index (χ0n) is 16.8. The molecular weight excluding hydrogens is 402 g/mol. The van der Waals surface area contributed by atoms with Crippen LogP contribution in [-0.4, -0.2) is 44.3 Å². The van der Waals surface area contributed by atoms with Crippen molar-refractivity contribution in [2.75, 3.05) is 17.4 Å². The Bertz CT molecular complexity index is 1080. The van der Waals surface area contributed by atoms with Gasteiger partial charge < -0.3 is 10.6 Å². The second-order valence-electron chi connectivity index (χ2n) is 7.98. The number of benzene rings is 2. The number of rotatable bonds is 4. The number of hydrogen-bond acceptors (Lipinski definition) is 4. The summed E-state index contributed by atoms with van der Waals surface area (Å²) in [5.41, 5.74) is 7.38. The lowest BCUT2D eigenvalue weighted by Crippen LogP contribution is -2.41. The van der Waals surface area contributed by atoms with Gasteiger partial charge in [0.05, 0.1) is 10.6 Å². The molecule has 0 aromatic heterocycles. The average Bonchev–Trinajstić information content (AvgIpc) is 3.09. The molecule has 158 valence electrons. The Labute approximate surface area is 176 Å². The smallest absolute Gasteiger partial charge is 0.264 e. The monoisotopic (exact) mass is 427 g/mol. The Hall–Kier alpha value is -2.87. The summed E-state index contributed by atoms with van der Waals surface area (Å²) in [4.78, 5) is 26.3. The molecule has 2 aliphatic heterocycles. The summed E-state index contributed by atoms with van der Waals surface area (Å²) in [7, 11) is -3.67. The summed E-state index contributed by atoms with van der Waals surface area (Å²) in [6.07, 6.45) is 1.70. The molecule has 2 aromatic rings. The van der Waals surface area contributed by atoms with Gasteiger partial charge in [-0.05, 0) is 62.1 Å². The standard InChI is InChI=1S/C22H25N3O4S/c1-15-13-18-14-17(22(27)24-11-9-16(10-12-24)21(23)26)7-8-20(18)25(15)30(28,29)19-5-3-2-4-6-19/h2-8,14-16H,9-13H2,1H3,(H2,23,26)/t15-/m1/s1. The highest BCUT2D eigenvalue weighted by atomic mass is 32.2. The fourth-order valence-electron chi connectivity index (χ4n) is 4.36. The van der Waals surface area contributed by atoms with Crippen LogP contribution in [0.15, 0.2) is 53.4 Å². The quantitative estimate of drug-likeness (QED) is 0.808. The largest absolute Gasteiger partial charge is 0.369 e. The van der Waals surface area contributed by atoms with Gasteiger partial charge in [0.15, 0.2) is 0 Å². The van der Waals surface area contributed by atoms with Crippen molar-refractivity contribution in [1.82, 2.24) is 4.90 Å². The molecule has 0 aliphatic carbocycles. The van der Waals surface area contributed by atoms with Crippen LogP contribution in [0.2, 0.25) is 0 Å². The van der Waals surface area contributed by atoms with Crippen LogP contribution in [0.4, 0.5) is 5.69 Å².